The Morgan fingerprint density at radius 3 is 2.81 bits per heavy atom. The minimum absolute atomic E-state index is 0.138. The number of nitrogens with zero attached hydrogens (tertiary/aromatic N) is 3. The molecule has 1 aliphatic heterocycles. The number of amides is 1. The van der Waals surface area contributed by atoms with Crippen molar-refractivity contribution in [2.45, 2.75) is 37.5 Å². The zero-order chi connectivity index (χ0) is 19.2. The number of fused-ring (bicyclic) bond motifs is 2. The van der Waals surface area contributed by atoms with Crippen molar-refractivity contribution in [1.82, 2.24) is 14.7 Å². The van der Waals surface area contributed by atoms with Gasteiger partial charge in [-0.3, -0.25) is 9.48 Å². The topological polar surface area (TPSA) is 47.4 Å². The summed E-state index contributed by atoms with van der Waals surface area (Å²) in [5, 5.41) is 4.19. The van der Waals surface area contributed by atoms with E-state index in [1.165, 1.54) is 12.1 Å². The van der Waals surface area contributed by atoms with E-state index in [9.17, 15) is 18.0 Å². The van der Waals surface area contributed by atoms with Gasteiger partial charge in [-0.15, -0.1) is 0 Å². The molecule has 1 aromatic carbocycles. The minimum atomic E-state index is -4.41. The number of ether oxygens (including phenoxy) is 1. The van der Waals surface area contributed by atoms with Crippen LogP contribution in [-0.2, 0) is 13.2 Å². The van der Waals surface area contributed by atoms with Crippen molar-refractivity contribution in [3.8, 4) is 5.75 Å². The molecule has 0 N–H and O–H groups in total. The molecule has 1 aliphatic carbocycles. The summed E-state index contributed by atoms with van der Waals surface area (Å²) in [5.41, 5.74) is -0.358. The van der Waals surface area contributed by atoms with Gasteiger partial charge in [0.15, 0.2) is 0 Å². The van der Waals surface area contributed by atoms with Crippen LogP contribution in [-0.4, -0.2) is 39.3 Å². The number of rotatable bonds is 4. The average molecular weight is 379 g/mol. The molecule has 0 radical (unpaired) electrons. The molecule has 2 aromatic rings. The Morgan fingerprint density at radius 2 is 2.11 bits per heavy atom. The second kappa shape index (κ2) is 6.58. The lowest BCUT2D eigenvalue weighted by atomic mass is 9.99. The highest BCUT2D eigenvalue weighted by molar-refractivity contribution is 5.93. The van der Waals surface area contributed by atoms with Gasteiger partial charge < -0.3 is 9.64 Å². The first kappa shape index (κ1) is 17.9. The van der Waals surface area contributed by atoms with E-state index in [2.05, 4.69) is 5.10 Å². The number of carbonyl (C=O) groups is 1. The molecule has 3 atom stereocenters. The number of hydrogen-bond donors (Lipinski definition) is 0. The first-order valence-electron chi connectivity index (χ1n) is 8.95. The van der Waals surface area contributed by atoms with Crippen LogP contribution in [0, 0.1) is 5.92 Å². The molecule has 1 aromatic heterocycles. The van der Waals surface area contributed by atoms with Gasteiger partial charge in [0.2, 0.25) is 0 Å². The standard InChI is InChI=1S/C19H20F3N3O2/c1-24-8-7-16(23-24)18(26)25-14-6-5-12(9-14)17(25)11-27-15-4-2-3-13(10-15)19(20,21)22/h2-4,7-8,10,12,14,17H,5-6,9,11H2,1H3/t12?,14?,17-/m0/s1. The second-order valence-corrected chi connectivity index (χ2v) is 7.22. The fourth-order valence-electron chi connectivity index (χ4n) is 4.23. The third kappa shape index (κ3) is 3.40. The largest absolute Gasteiger partial charge is 0.491 e. The molecule has 2 heterocycles. The zero-order valence-electron chi connectivity index (χ0n) is 14.8. The highest BCUT2D eigenvalue weighted by Crippen LogP contribution is 2.43. The van der Waals surface area contributed by atoms with Crippen LogP contribution in [0.3, 0.4) is 0 Å². The maximum absolute atomic E-state index is 12.9. The van der Waals surface area contributed by atoms with Gasteiger partial charge in [-0.1, -0.05) is 6.07 Å². The maximum atomic E-state index is 12.9. The van der Waals surface area contributed by atoms with Gasteiger partial charge in [0, 0.05) is 19.3 Å². The predicted molar refractivity (Wildman–Crippen MR) is 91.2 cm³/mol. The average Bonchev–Trinajstić information content (AvgIpc) is 3.34. The summed E-state index contributed by atoms with van der Waals surface area (Å²) in [6.45, 7) is 0.182. The summed E-state index contributed by atoms with van der Waals surface area (Å²) < 4.78 is 45.9. The zero-order valence-corrected chi connectivity index (χ0v) is 14.8. The Bertz CT molecular complexity index is 849. The van der Waals surface area contributed by atoms with Gasteiger partial charge in [-0.2, -0.15) is 18.3 Å². The van der Waals surface area contributed by atoms with E-state index in [-0.39, 0.29) is 30.3 Å². The van der Waals surface area contributed by atoms with Crippen molar-refractivity contribution in [3.63, 3.8) is 0 Å². The molecule has 1 amide bonds. The number of benzene rings is 1. The Hall–Kier alpha value is -2.51. The highest BCUT2D eigenvalue weighted by atomic mass is 19.4. The van der Waals surface area contributed by atoms with E-state index in [0.717, 1.165) is 31.4 Å². The molecule has 2 aliphatic rings. The number of halogens is 3. The second-order valence-electron chi connectivity index (χ2n) is 7.22. The lowest BCUT2D eigenvalue weighted by Crippen LogP contribution is -2.48. The molecule has 5 nitrogen and oxygen atoms in total. The molecule has 27 heavy (non-hydrogen) atoms. The lowest BCUT2D eigenvalue weighted by Gasteiger charge is -2.34. The number of aryl methyl sites for hydroxylation is 1. The molecule has 0 spiro atoms. The third-order valence-corrected chi connectivity index (χ3v) is 5.49. The number of carbonyl (C=O) groups excluding carboxylic acids is 1. The van der Waals surface area contributed by atoms with E-state index >= 15 is 0 Å². The maximum Gasteiger partial charge on any atom is 0.416 e. The molecule has 144 valence electrons. The van der Waals surface area contributed by atoms with Crippen molar-refractivity contribution < 1.29 is 22.7 Å². The monoisotopic (exact) mass is 379 g/mol. The van der Waals surface area contributed by atoms with Crippen LogP contribution in [0.5, 0.6) is 5.75 Å². The lowest BCUT2D eigenvalue weighted by molar-refractivity contribution is -0.137. The summed E-state index contributed by atoms with van der Waals surface area (Å²) in [5.74, 6) is 0.340. The first-order chi connectivity index (χ1) is 12.8. The molecule has 2 unspecified atom stereocenters. The Balaban J connectivity index is 1.50. The number of hydrogen-bond acceptors (Lipinski definition) is 3. The van der Waals surface area contributed by atoms with Crippen molar-refractivity contribution in [2.24, 2.45) is 13.0 Å². The smallest absolute Gasteiger partial charge is 0.416 e. The number of alkyl halides is 3. The molecular formula is C19H20F3N3O2. The van der Waals surface area contributed by atoms with Crippen molar-refractivity contribution in [2.75, 3.05) is 6.61 Å². The molecular weight excluding hydrogens is 359 g/mol. The highest BCUT2D eigenvalue weighted by Gasteiger charge is 2.48. The van der Waals surface area contributed by atoms with Crippen LogP contribution in [0.25, 0.3) is 0 Å². The molecule has 4 rings (SSSR count). The van der Waals surface area contributed by atoms with Gasteiger partial charge >= 0.3 is 6.18 Å². The van der Waals surface area contributed by atoms with Crippen molar-refractivity contribution >= 4 is 5.91 Å². The summed E-state index contributed by atoms with van der Waals surface area (Å²) in [6.07, 6.45) is 0.175. The van der Waals surface area contributed by atoms with Crippen molar-refractivity contribution in [3.05, 3.63) is 47.8 Å². The van der Waals surface area contributed by atoms with E-state index < -0.39 is 11.7 Å². The normalized spacial score (nSPS) is 24.4. The van der Waals surface area contributed by atoms with Gasteiger partial charge in [-0.25, -0.2) is 0 Å². The minimum Gasteiger partial charge on any atom is -0.491 e. The van der Waals surface area contributed by atoms with Crippen molar-refractivity contribution in [1.29, 1.82) is 0 Å². The SMILES string of the molecule is Cn1ccc(C(=O)N2C3CCC(C3)[C@@H]2COc2cccc(C(F)(F)F)c2)n1. The molecule has 2 bridgehead atoms. The summed E-state index contributed by atoms with van der Waals surface area (Å²) >= 11 is 0. The Morgan fingerprint density at radius 1 is 1.30 bits per heavy atom. The van der Waals surface area contributed by atoms with Gasteiger partial charge in [0.25, 0.3) is 5.91 Å². The third-order valence-electron chi connectivity index (χ3n) is 5.49. The quantitative estimate of drug-likeness (QED) is 0.817. The first-order valence-corrected chi connectivity index (χ1v) is 8.95. The Labute approximate surface area is 154 Å². The fraction of sp³-hybridized carbons (Fsp3) is 0.474. The molecule has 1 saturated carbocycles. The van der Waals surface area contributed by atoms with E-state index in [1.807, 2.05) is 4.90 Å². The van der Waals surface area contributed by atoms with E-state index in [0.29, 0.717) is 11.6 Å². The number of piperidine rings is 1. The molecule has 8 heteroatoms. The molecule has 1 saturated heterocycles. The van der Waals surface area contributed by atoms with Gasteiger partial charge in [0.1, 0.15) is 18.1 Å². The van der Waals surface area contributed by atoms with Crippen LogP contribution >= 0.6 is 0 Å². The molecule has 2 fully saturated rings. The predicted octanol–water partition coefficient (Wildman–Crippen LogP) is 3.51. The summed E-state index contributed by atoms with van der Waals surface area (Å²) in [6, 6.07) is 6.54. The van der Waals surface area contributed by atoms with E-state index in [1.54, 1.807) is 24.0 Å². The van der Waals surface area contributed by atoms with Crippen LogP contribution in [0.15, 0.2) is 36.5 Å². The van der Waals surface area contributed by atoms with Gasteiger partial charge in [-0.05, 0) is 49.4 Å². The summed E-state index contributed by atoms with van der Waals surface area (Å²) in [4.78, 5) is 14.7. The summed E-state index contributed by atoms with van der Waals surface area (Å²) in [7, 11) is 1.75. The van der Waals surface area contributed by atoms with Gasteiger partial charge in [0.05, 0.1) is 11.6 Å². The Kier molecular flexibility index (Phi) is 4.36. The van der Waals surface area contributed by atoms with Crippen LogP contribution in [0.1, 0.15) is 35.3 Å². The fourth-order valence-corrected chi connectivity index (χ4v) is 4.23. The van der Waals surface area contributed by atoms with Crippen LogP contribution in [0.2, 0.25) is 0 Å². The number of aromatic nitrogens is 2. The van der Waals surface area contributed by atoms with Crippen LogP contribution in [0.4, 0.5) is 13.2 Å². The van der Waals surface area contributed by atoms with Crippen LogP contribution < -0.4 is 4.74 Å². The number of likely N-dealkylation sites (tertiary alicyclic amines) is 1. The van der Waals surface area contributed by atoms with E-state index in [4.69, 9.17) is 4.74 Å².